The molecule has 116 valence electrons. The average molecular weight is 293 g/mol. The summed E-state index contributed by atoms with van der Waals surface area (Å²) in [4.78, 5) is 26.5. The zero-order chi connectivity index (χ0) is 15.8. The van der Waals surface area contributed by atoms with E-state index in [4.69, 9.17) is 9.15 Å². The molecule has 0 spiro atoms. The summed E-state index contributed by atoms with van der Waals surface area (Å²) in [5.74, 6) is 0.806. The van der Waals surface area contributed by atoms with Crippen molar-refractivity contribution in [2.75, 3.05) is 6.54 Å². The van der Waals surface area contributed by atoms with Gasteiger partial charge in [0, 0.05) is 6.54 Å². The lowest BCUT2D eigenvalue weighted by atomic mass is 10.1. The minimum Gasteiger partial charge on any atom is -0.466 e. The standard InChI is InChI=1S/C16H23NO4/c1-10-9-12(11(2)20-10)14(18)17-8-6-7-13(17)15(19)21-16(3,4)5/h9,13H,6-8H2,1-5H3/t13-/m1/s1. The van der Waals surface area contributed by atoms with Gasteiger partial charge in [-0.3, -0.25) is 4.79 Å². The van der Waals surface area contributed by atoms with Crippen molar-refractivity contribution in [3.8, 4) is 0 Å². The molecular weight excluding hydrogens is 270 g/mol. The quantitative estimate of drug-likeness (QED) is 0.787. The van der Waals surface area contributed by atoms with E-state index in [1.165, 1.54) is 0 Å². The second kappa shape index (κ2) is 5.54. The molecule has 0 aliphatic carbocycles. The molecule has 1 aromatic heterocycles. The number of ether oxygens (including phenoxy) is 1. The van der Waals surface area contributed by atoms with E-state index in [9.17, 15) is 9.59 Å². The van der Waals surface area contributed by atoms with Crippen LogP contribution in [0.5, 0.6) is 0 Å². The van der Waals surface area contributed by atoms with Crippen molar-refractivity contribution >= 4 is 11.9 Å². The maximum absolute atomic E-state index is 12.6. The zero-order valence-corrected chi connectivity index (χ0v) is 13.4. The van der Waals surface area contributed by atoms with E-state index in [1.54, 1.807) is 24.8 Å². The van der Waals surface area contributed by atoms with Crippen molar-refractivity contribution in [3.05, 3.63) is 23.2 Å². The van der Waals surface area contributed by atoms with Gasteiger partial charge in [0.1, 0.15) is 23.2 Å². The number of carbonyl (C=O) groups is 2. The Bertz CT molecular complexity index is 553. The number of hydrogen-bond acceptors (Lipinski definition) is 4. The molecule has 5 heteroatoms. The molecule has 0 bridgehead atoms. The van der Waals surface area contributed by atoms with Gasteiger partial charge in [0.15, 0.2) is 0 Å². The second-order valence-corrected chi connectivity index (χ2v) is 6.52. The highest BCUT2D eigenvalue weighted by atomic mass is 16.6. The van der Waals surface area contributed by atoms with Crippen LogP contribution in [0.4, 0.5) is 0 Å². The van der Waals surface area contributed by atoms with Crippen LogP contribution in [-0.2, 0) is 9.53 Å². The summed E-state index contributed by atoms with van der Waals surface area (Å²) in [6.45, 7) is 9.63. The first kappa shape index (κ1) is 15.6. The molecule has 21 heavy (non-hydrogen) atoms. The van der Waals surface area contributed by atoms with Gasteiger partial charge in [-0.05, 0) is 53.5 Å². The van der Waals surface area contributed by atoms with Gasteiger partial charge in [-0.1, -0.05) is 0 Å². The van der Waals surface area contributed by atoms with Crippen LogP contribution in [0, 0.1) is 13.8 Å². The van der Waals surface area contributed by atoms with Gasteiger partial charge in [-0.15, -0.1) is 0 Å². The largest absolute Gasteiger partial charge is 0.466 e. The van der Waals surface area contributed by atoms with Gasteiger partial charge in [-0.2, -0.15) is 0 Å². The van der Waals surface area contributed by atoms with Crippen LogP contribution in [-0.4, -0.2) is 35.0 Å². The molecule has 1 aromatic rings. The molecule has 1 atom stereocenters. The lowest BCUT2D eigenvalue weighted by Gasteiger charge is -2.27. The predicted molar refractivity (Wildman–Crippen MR) is 78.1 cm³/mol. The van der Waals surface area contributed by atoms with Gasteiger partial charge >= 0.3 is 5.97 Å². The summed E-state index contributed by atoms with van der Waals surface area (Å²) < 4.78 is 10.8. The summed E-state index contributed by atoms with van der Waals surface area (Å²) >= 11 is 0. The fourth-order valence-electron chi connectivity index (χ4n) is 2.62. The Morgan fingerprint density at radius 3 is 2.52 bits per heavy atom. The lowest BCUT2D eigenvalue weighted by Crippen LogP contribution is -2.43. The van der Waals surface area contributed by atoms with Crippen molar-refractivity contribution in [2.24, 2.45) is 0 Å². The van der Waals surface area contributed by atoms with Gasteiger partial charge in [0.05, 0.1) is 5.56 Å². The first-order valence-electron chi connectivity index (χ1n) is 7.30. The smallest absolute Gasteiger partial charge is 0.329 e. The Balaban J connectivity index is 2.17. The summed E-state index contributed by atoms with van der Waals surface area (Å²) in [7, 11) is 0. The molecule has 0 radical (unpaired) electrons. The number of aryl methyl sites for hydroxylation is 2. The number of rotatable bonds is 2. The molecule has 2 heterocycles. The highest BCUT2D eigenvalue weighted by molar-refractivity contribution is 5.98. The molecule has 1 aliphatic rings. The third-order valence-electron chi connectivity index (χ3n) is 3.46. The Morgan fingerprint density at radius 2 is 2.00 bits per heavy atom. The Kier molecular flexibility index (Phi) is 4.12. The van der Waals surface area contributed by atoms with E-state index in [0.29, 0.717) is 30.0 Å². The number of nitrogens with zero attached hydrogens (tertiary/aromatic N) is 1. The van der Waals surface area contributed by atoms with Crippen LogP contribution in [0.1, 0.15) is 55.5 Å². The molecule has 1 fully saturated rings. The molecule has 0 unspecified atom stereocenters. The van der Waals surface area contributed by atoms with Gasteiger partial charge in [0.25, 0.3) is 5.91 Å². The lowest BCUT2D eigenvalue weighted by molar-refractivity contribution is -0.159. The van der Waals surface area contributed by atoms with Crippen LogP contribution in [0.25, 0.3) is 0 Å². The van der Waals surface area contributed by atoms with Crippen molar-refractivity contribution in [2.45, 2.75) is 59.1 Å². The summed E-state index contributed by atoms with van der Waals surface area (Å²) in [5, 5.41) is 0. The first-order chi connectivity index (χ1) is 9.69. The molecule has 0 saturated carbocycles. The van der Waals surface area contributed by atoms with E-state index in [1.807, 2.05) is 20.8 Å². The second-order valence-electron chi connectivity index (χ2n) is 6.52. The van der Waals surface area contributed by atoms with E-state index in [2.05, 4.69) is 0 Å². The zero-order valence-electron chi connectivity index (χ0n) is 13.4. The first-order valence-corrected chi connectivity index (χ1v) is 7.30. The number of esters is 1. The van der Waals surface area contributed by atoms with Crippen molar-refractivity contribution in [3.63, 3.8) is 0 Å². The van der Waals surface area contributed by atoms with Gasteiger partial charge in [-0.25, -0.2) is 4.79 Å². The summed E-state index contributed by atoms with van der Waals surface area (Å²) in [6, 6.07) is 1.23. The maximum Gasteiger partial charge on any atom is 0.329 e. The molecule has 2 rings (SSSR count). The van der Waals surface area contributed by atoms with Crippen LogP contribution in [0.15, 0.2) is 10.5 Å². The number of hydrogen-bond donors (Lipinski definition) is 0. The van der Waals surface area contributed by atoms with Crippen molar-refractivity contribution in [1.82, 2.24) is 4.90 Å². The van der Waals surface area contributed by atoms with E-state index >= 15 is 0 Å². The van der Waals surface area contributed by atoms with E-state index in [-0.39, 0.29) is 11.9 Å². The molecular formula is C16H23NO4. The molecule has 5 nitrogen and oxygen atoms in total. The third-order valence-corrected chi connectivity index (χ3v) is 3.46. The number of likely N-dealkylation sites (tertiary alicyclic amines) is 1. The third kappa shape index (κ3) is 3.46. The Labute approximate surface area is 125 Å². The number of amides is 1. The van der Waals surface area contributed by atoms with Gasteiger partial charge < -0.3 is 14.1 Å². The monoisotopic (exact) mass is 293 g/mol. The van der Waals surface area contributed by atoms with E-state index in [0.717, 1.165) is 6.42 Å². The molecule has 1 aliphatic heterocycles. The predicted octanol–water partition coefficient (Wildman–Crippen LogP) is 2.84. The molecule has 0 N–H and O–H groups in total. The molecule has 1 amide bonds. The normalized spacial score (nSPS) is 18.9. The van der Waals surface area contributed by atoms with Crippen molar-refractivity contribution in [1.29, 1.82) is 0 Å². The SMILES string of the molecule is Cc1cc(C(=O)N2CCC[C@@H]2C(=O)OC(C)(C)C)c(C)o1. The topological polar surface area (TPSA) is 59.8 Å². The van der Waals surface area contributed by atoms with Gasteiger partial charge in [0.2, 0.25) is 0 Å². The minimum atomic E-state index is -0.545. The Hall–Kier alpha value is -1.78. The average Bonchev–Trinajstić information content (AvgIpc) is 2.92. The maximum atomic E-state index is 12.6. The van der Waals surface area contributed by atoms with Crippen LogP contribution < -0.4 is 0 Å². The number of carbonyl (C=O) groups excluding carboxylic acids is 2. The van der Waals surface area contributed by atoms with Crippen molar-refractivity contribution < 1.29 is 18.7 Å². The number of furan rings is 1. The molecule has 0 aromatic carbocycles. The van der Waals surface area contributed by atoms with Crippen LogP contribution >= 0.6 is 0 Å². The summed E-state index contributed by atoms with van der Waals surface area (Å²) in [6.07, 6.45) is 1.46. The van der Waals surface area contributed by atoms with Crippen LogP contribution in [0.2, 0.25) is 0 Å². The summed E-state index contributed by atoms with van der Waals surface area (Å²) in [5.41, 5.74) is -0.0146. The highest BCUT2D eigenvalue weighted by Gasteiger charge is 2.38. The Morgan fingerprint density at radius 1 is 1.33 bits per heavy atom. The molecule has 1 saturated heterocycles. The minimum absolute atomic E-state index is 0.155. The fourth-order valence-corrected chi connectivity index (χ4v) is 2.62. The fraction of sp³-hybridized carbons (Fsp3) is 0.625. The van der Waals surface area contributed by atoms with Crippen LogP contribution in [0.3, 0.4) is 0 Å². The highest BCUT2D eigenvalue weighted by Crippen LogP contribution is 2.25. The van der Waals surface area contributed by atoms with E-state index < -0.39 is 11.6 Å².